The van der Waals surface area contributed by atoms with Crippen LogP contribution in [0.25, 0.3) is 0 Å². The van der Waals surface area contributed by atoms with Gasteiger partial charge in [-0.2, -0.15) is 0 Å². The largest absolute Gasteiger partial charge is 0.462 e. The molecule has 1 saturated heterocycles. The molecule has 3 aliphatic rings. The third-order valence-corrected chi connectivity index (χ3v) is 6.32. The van der Waals surface area contributed by atoms with Crippen molar-refractivity contribution in [2.75, 3.05) is 11.9 Å². The summed E-state index contributed by atoms with van der Waals surface area (Å²) in [5.41, 5.74) is 1.70. The third-order valence-electron chi connectivity index (χ3n) is 5.82. The number of benzene rings is 1. The van der Waals surface area contributed by atoms with Gasteiger partial charge in [-0.3, -0.25) is 14.4 Å². The van der Waals surface area contributed by atoms with Crippen LogP contribution in [0, 0.1) is 23.7 Å². The first-order valence-electron chi connectivity index (χ1n) is 8.93. The van der Waals surface area contributed by atoms with Crippen LogP contribution in [0.5, 0.6) is 0 Å². The summed E-state index contributed by atoms with van der Waals surface area (Å²) in [5, 5.41) is 2.78. The van der Waals surface area contributed by atoms with Crippen molar-refractivity contribution in [3.8, 4) is 0 Å². The predicted molar refractivity (Wildman–Crippen MR) is 96.2 cm³/mol. The number of carbonyl (C=O) groups is 3. The maximum atomic E-state index is 12.5. The Balaban J connectivity index is 1.35. The van der Waals surface area contributed by atoms with E-state index in [1.165, 1.54) is 0 Å². The standard InChI is InChI=1S/C19H20BrNO5/c1-2-9-5-11(20)3-4-13(9)21-15(22)8-25-18(23)16-10-6-12-14(7-10)26-19(24)17(12)16/h3-5,10,12,14,16-17H,2,6-8H2,1H3,(H,21,22)/t10-,12+,14-,16-,17-/m1/s1. The lowest BCUT2D eigenvalue weighted by atomic mass is 9.80. The van der Waals surface area contributed by atoms with E-state index < -0.39 is 11.9 Å². The normalized spacial score (nSPS) is 31.0. The molecule has 6 nitrogen and oxygen atoms in total. The number of anilines is 1. The van der Waals surface area contributed by atoms with Crippen LogP contribution in [0.2, 0.25) is 0 Å². The van der Waals surface area contributed by atoms with Crippen LogP contribution in [-0.2, 0) is 30.3 Å². The molecule has 7 heteroatoms. The molecular weight excluding hydrogens is 402 g/mol. The van der Waals surface area contributed by atoms with E-state index in [1.807, 2.05) is 25.1 Å². The van der Waals surface area contributed by atoms with Crippen LogP contribution in [0.1, 0.15) is 25.3 Å². The molecule has 0 aromatic heterocycles. The van der Waals surface area contributed by atoms with E-state index in [2.05, 4.69) is 21.2 Å². The fourth-order valence-electron chi connectivity index (χ4n) is 4.72. The molecule has 1 aromatic rings. The van der Waals surface area contributed by atoms with Gasteiger partial charge in [-0.25, -0.2) is 0 Å². The Morgan fingerprint density at radius 2 is 2.15 bits per heavy atom. The third kappa shape index (κ3) is 2.92. The van der Waals surface area contributed by atoms with E-state index >= 15 is 0 Å². The number of halogens is 1. The van der Waals surface area contributed by atoms with Gasteiger partial charge in [0.05, 0.1) is 11.8 Å². The Morgan fingerprint density at radius 3 is 2.92 bits per heavy atom. The van der Waals surface area contributed by atoms with Crippen molar-refractivity contribution >= 4 is 39.5 Å². The zero-order valence-corrected chi connectivity index (χ0v) is 16.0. The van der Waals surface area contributed by atoms with Gasteiger partial charge in [0.2, 0.25) is 0 Å². The van der Waals surface area contributed by atoms with Crippen molar-refractivity contribution < 1.29 is 23.9 Å². The number of hydrogen-bond donors (Lipinski definition) is 1. The highest BCUT2D eigenvalue weighted by Crippen LogP contribution is 2.57. The van der Waals surface area contributed by atoms with Crippen molar-refractivity contribution in [2.24, 2.45) is 23.7 Å². The van der Waals surface area contributed by atoms with Gasteiger partial charge in [0.1, 0.15) is 6.10 Å². The van der Waals surface area contributed by atoms with Crippen molar-refractivity contribution in [2.45, 2.75) is 32.3 Å². The van der Waals surface area contributed by atoms with Crippen molar-refractivity contribution in [1.29, 1.82) is 0 Å². The number of fused-ring (bicyclic) bond motifs is 1. The van der Waals surface area contributed by atoms with Gasteiger partial charge >= 0.3 is 11.9 Å². The number of nitrogens with one attached hydrogen (secondary N) is 1. The number of hydrogen-bond acceptors (Lipinski definition) is 5. The minimum absolute atomic E-state index is 0.0188. The molecule has 138 valence electrons. The molecule has 1 aromatic carbocycles. The van der Waals surface area contributed by atoms with Crippen LogP contribution >= 0.6 is 15.9 Å². The minimum atomic E-state index is -0.460. The van der Waals surface area contributed by atoms with Crippen molar-refractivity contribution in [1.82, 2.24) is 0 Å². The van der Waals surface area contributed by atoms with Crippen LogP contribution < -0.4 is 5.32 Å². The van der Waals surface area contributed by atoms with E-state index in [9.17, 15) is 14.4 Å². The van der Waals surface area contributed by atoms with Crippen LogP contribution in [0.15, 0.2) is 22.7 Å². The maximum Gasteiger partial charge on any atom is 0.310 e. The number of ether oxygens (including phenoxy) is 2. The highest BCUT2D eigenvalue weighted by molar-refractivity contribution is 9.10. The van der Waals surface area contributed by atoms with E-state index in [1.54, 1.807) is 0 Å². The van der Waals surface area contributed by atoms with Gasteiger partial charge in [0.25, 0.3) is 5.91 Å². The highest BCUT2D eigenvalue weighted by atomic mass is 79.9. The second kappa shape index (κ2) is 6.68. The fourth-order valence-corrected chi connectivity index (χ4v) is 5.13. The summed E-state index contributed by atoms with van der Waals surface area (Å²) in [7, 11) is 0. The van der Waals surface area contributed by atoms with Gasteiger partial charge in [-0.15, -0.1) is 0 Å². The average Bonchev–Trinajstić information content (AvgIpc) is 3.23. The number of aryl methyl sites for hydroxylation is 1. The van der Waals surface area contributed by atoms with Crippen LogP contribution in [0.4, 0.5) is 5.69 Å². The second-order valence-corrected chi connectivity index (χ2v) is 8.15. The quantitative estimate of drug-likeness (QED) is 0.738. The minimum Gasteiger partial charge on any atom is -0.462 e. The second-order valence-electron chi connectivity index (χ2n) is 7.23. The topological polar surface area (TPSA) is 81.7 Å². The first-order chi connectivity index (χ1) is 12.5. The SMILES string of the molecule is CCc1cc(Br)ccc1NC(=O)COC(=O)[C@@H]1[C@@H]2C[C@@H]3[C@H]1C(=O)O[C@@H]3C2. The zero-order chi connectivity index (χ0) is 18.4. The Bertz CT molecular complexity index is 777. The molecule has 2 saturated carbocycles. The van der Waals surface area contributed by atoms with Crippen LogP contribution in [0.3, 0.4) is 0 Å². The smallest absolute Gasteiger partial charge is 0.310 e. The molecule has 4 rings (SSSR count). The average molecular weight is 422 g/mol. The molecule has 1 heterocycles. The molecular formula is C19H20BrNO5. The molecule has 2 bridgehead atoms. The summed E-state index contributed by atoms with van der Waals surface area (Å²) in [5.74, 6) is -1.69. The Kier molecular flexibility index (Phi) is 4.50. The lowest BCUT2D eigenvalue weighted by molar-refractivity contribution is -0.157. The predicted octanol–water partition coefficient (Wildman–Crippen LogP) is 2.69. The van der Waals surface area contributed by atoms with E-state index in [4.69, 9.17) is 9.47 Å². The molecule has 1 amide bonds. The first-order valence-corrected chi connectivity index (χ1v) is 9.72. The Morgan fingerprint density at radius 1 is 1.35 bits per heavy atom. The molecule has 2 aliphatic carbocycles. The highest BCUT2D eigenvalue weighted by Gasteiger charge is 2.64. The molecule has 0 radical (unpaired) electrons. The van der Waals surface area contributed by atoms with Gasteiger partial charge in [0, 0.05) is 16.1 Å². The molecule has 5 atom stereocenters. The van der Waals surface area contributed by atoms with Gasteiger partial charge in [0.15, 0.2) is 6.61 Å². The summed E-state index contributed by atoms with van der Waals surface area (Å²) < 4.78 is 11.5. The van der Waals surface area contributed by atoms with E-state index in [0.29, 0.717) is 5.69 Å². The number of amides is 1. The Labute approximate surface area is 159 Å². The van der Waals surface area contributed by atoms with Gasteiger partial charge in [-0.1, -0.05) is 22.9 Å². The monoisotopic (exact) mass is 421 g/mol. The Hall–Kier alpha value is -1.89. The fraction of sp³-hybridized carbons (Fsp3) is 0.526. The zero-order valence-electron chi connectivity index (χ0n) is 14.4. The molecule has 0 unspecified atom stereocenters. The lowest BCUT2D eigenvalue weighted by Crippen LogP contribution is -2.35. The van der Waals surface area contributed by atoms with Crippen molar-refractivity contribution in [3.05, 3.63) is 28.2 Å². The maximum absolute atomic E-state index is 12.5. The number of carbonyl (C=O) groups excluding carboxylic acids is 3. The van der Waals surface area contributed by atoms with Gasteiger partial charge in [-0.05, 0) is 48.9 Å². The summed E-state index contributed by atoms with van der Waals surface area (Å²) in [6.45, 7) is 1.65. The number of esters is 2. The van der Waals surface area contributed by atoms with Crippen LogP contribution in [-0.4, -0.2) is 30.6 Å². The summed E-state index contributed by atoms with van der Waals surface area (Å²) in [4.78, 5) is 36.6. The van der Waals surface area contributed by atoms with E-state index in [-0.39, 0.29) is 42.3 Å². The molecule has 3 fully saturated rings. The summed E-state index contributed by atoms with van der Waals surface area (Å²) >= 11 is 3.41. The molecule has 1 N–H and O–H groups in total. The molecule has 1 aliphatic heterocycles. The summed E-state index contributed by atoms with van der Waals surface area (Å²) in [6.07, 6.45) is 2.32. The first kappa shape index (κ1) is 17.5. The summed E-state index contributed by atoms with van der Waals surface area (Å²) in [6, 6.07) is 5.60. The molecule has 26 heavy (non-hydrogen) atoms. The van der Waals surface area contributed by atoms with E-state index in [0.717, 1.165) is 29.3 Å². The van der Waals surface area contributed by atoms with Crippen molar-refractivity contribution in [3.63, 3.8) is 0 Å². The molecule has 0 spiro atoms. The van der Waals surface area contributed by atoms with Gasteiger partial charge < -0.3 is 14.8 Å². The number of rotatable bonds is 5. The lowest BCUT2D eigenvalue weighted by Gasteiger charge is -2.22.